The first-order valence-electron chi connectivity index (χ1n) is 8.85. The quantitative estimate of drug-likeness (QED) is 0.858. The summed E-state index contributed by atoms with van der Waals surface area (Å²) < 4.78 is 7.88. The van der Waals surface area contributed by atoms with E-state index in [1.54, 1.807) is 6.20 Å². The van der Waals surface area contributed by atoms with Gasteiger partial charge in [0.1, 0.15) is 4.88 Å². The minimum Gasteiger partial charge on any atom is -0.373 e. The van der Waals surface area contributed by atoms with Gasteiger partial charge in [0.05, 0.1) is 23.0 Å². The molecule has 2 aromatic heterocycles. The molecule has 1 amide bonds. The summed E-state index contributed by atoms with van der Waals surface area (Å²) in [5.74, 6) is 0.235. The molecule has 6 nitrogen and oxygen atoms in total. The highest BCUT2D eigenvalue weighted by Gasteiger charge is 2.33. The highest BCUT2D eigenvalue weighted by atomic mass is 32.1. The molecule has 0 aromatic carbocycles. The topological polar surface area (TPSA) is 69.0 Å². The molecular formula is C18H26N4O2S. The van der Waals surface area contributed by atoms with E-state index in [2.05, 4.69) is 29.2 Å². The van der Waals surface area contributed by atoms with Crippen molar-refractivity contribution in [1.29, 1.82) is 0 Å². The Kier molecular flexibility index (Phi) is 5.54. The van der Waals surface area contributed by atoms with Crippen molar-refractivity contribution in [2.75, 3.05) is 13.2 Å². The molecule has 0 bridgehead atoms. The molecule has 1 aliphatic rings. The molecule has 136 valence electrons. The van der Waals surface area contributed by atoms with E-state index in [9.17, 15) is 4.79 Å². The number of ether oxygens (including phenoxy) is 1. The van der Waals surface area contributed by atoms with Crippen LogP contribution in [0.5, 0.6) is 0 Å². The van der Waals surface area contributed by atoms with Gasteiger partial charge in [0.25, 0.3) is 5.91 Å². The SMILES string of the molecule is CCCc1ncc(C(=O)NC[C@@H]2CCO[C@H]2c2c(C)nn(C)c2C)s1. The number of carbonyl (C=O) groups is 1. The first-order chi connectivity index (χ1) is 12.0. The smallest absolute Gasteiger partial charge is 0.263 e. The average molecular weight is 362 g/mol. The number of aryl methyl sites for hydroxylation is 3. The molecule has 0 spiro atoms. The third-order valence-electron chi connectivity index (χ3n) is 4.83. The van der Waals surface area contributed by atoms with E-state index in [0.717, 1.165) is 42.3 Å². The molecule has 25 heavy (non-hydrogen) atoms. The fourth-order valence-corrected chi connectivity index (χ4v) is 4.36. The summed E-state index contributed by atoms with van der Waals surface area (Å²) in [6.45, 7) is 7.54. The number of nitrogens with one attached hydrogen (secondary N) is 1. The normalized spacial score (nSPS) is 20.2. The van der Waals surface area contributed by atoms with Gasteiger partial charge in [-0.3, -0.25) is 9.48 Å². The van der Waals surface area contributed by atoms with Crippen LogP contribution in [0, 0.1) is 19.8 Å². The van der Waals surface area contributed by atoms with Gasteiger partial charge in [-0.15, -0.1) is 11.3 Å². The van der Waals surface area contributed by atoms with Crippen molar-refractivity contribution in [3.8, 4) is 0 Å². The molecule has 3 rings (SSSR count). The van der Waals surface area contributed by atoms with Gasteiger partial charge in [-0.1, -0.05) is 6.92 Å². The lowest BCUT2D eigenvalue weighted by Crippen LogP contribution is -2.30. The summed E-state index contributed by atoms with van der Waals surface area (Å²) in [6.07, 6.45) is 4.60. The first-order valence-corrected chi connectivity index (χ1v) is 9.67. The molecule has 2 atom stereocenters. The molecule has 1 fully saturated rings. The Hall–Kier alpha value is -1.73. The van der Waals surface area contributed by atoms with Crippen molar-refractivity contribution >= 4 is 17.2 Å². The highest BCUT2D eigenvalue weighted by molar-refractivity contribution is 7.13. The van der Waals surface area contributed by atoms with E-state index in [1.165, 1.54) is 16.9 Å². The molecule has 0 radical (unpaired) electrons. The van der Waals surface area contributed by atoms with Crippen LogP contribution < -0.4 is 5.32 Å². The molecule has 7 heteroatoms. The number of hydrogen-bond donors (Lipinski definition) is 1. The lowest BCUT2D eigenvalue weighted by Gasteiger charge is -2.19. The van der Waals surface area contributed by atoms with Crippen molar-refractivity contribution in [2.45, 2.75) is 46.1 Å². The van der Waals surface area contributed by atoms with E-state index in [4.69, 9.17) is 4.74 Å². The third kappa shape index (κ3) is 3.77. The molecular weight excluding hydrogens is 336 g/mol. The van der Waals surface area contributed by atoms with Crippen molar-refractivity contribution in [2.24, 2.45) is 13.0 Å². The first kappa shape index (κ1) is 18.1. The largest absolute Gasteiger partial charge is 0.373 e. The standard InChI is InChI=1S/C18H26N4O2S/c1-5-6-15-19-10-14(25-15)18(23)20-9-13-7-8-24-17(13)16-11(2)21-22(4)12(16)3/h10,13,17H,5-9H2,1-4H3,(H,20,23)/t13-,17+/m0/s1. The summed E-state index contributed by atoms with van der Waals surface area (Å²) in [5.41, 5.74) is 3.31. The van der Waals surface area contributed by atoms with Crippen molar-refractivity contribution < 1.29 is 9.53 Å². The van der Waals surface area contributed by atoms with Gasteiger partial charge in [-0.2, -0.15) is 5.10 Å². The van der Waals surface area contributed by atoms with Gasteiger partial charge in [0, 0.05) is 37.4 Å². The lowest BCUT2D eigenvalue weighted by atomic mass is 9.94. The second-order valence-corrected chi connectivity index (χ2v) is 7.74. The molecule has 1 saturated heterocycles. The summed E-state index contributed by atoms with van der Waals surface area (Å²) in [4.78, 5) is 17.4. The van der Waals surface area contributed by atoms with Gasteiger partial charge in [-0.05, 0) is 33.1 Å². The van der Waals surface area contributed by atoms with Gasteiger partial charge in [-0.25, -0.2) is 4.98 Å². The number of nitrogens with zero attached hydrogens (tertiary/aromatic N) is 3. The maximum atomic E-state index is 12.4. The van der Waals surface area contributed by atoms with Gasteiger partial charge >= 0.3 is 0 Å². The predicted octanol–water partition coefficient (Wildman–Crippen LogP) is 2.95. The second-order valence-electron chi connectivity index (χ2n) is 6.63. The summed E-state index contributed by atoms with van der Waals surface area (Å²) in [5, 5.41) is 8.59. The van der Waals surface area contributed by atoms with E-state index in [1.807, 2.05) is 18.7 Å². The fraction of sp³-hybridized carbons (Fsp3) is 0.611. The van der Waals surface area contributed by atoms with Crippen LogP contribution in [-0.2, 0) is 18.2 Å². The van der Waals surface area contributed by atoms with Crippen LogP contribution in [0.3, 0.4) is 0 Å². The predicted molar refractivity (Wildman–Crippen MR) is 97.9 cm³/mol. The molecule has 0 unspecified atom stereocenters. The summed E-state index contributed by atoms with van der Waals surface area (Å²) in [7, 11) is 1.95. The van der Waals surface area contributed by atoms with Gasteiger partial charge in [0.2, 0.25) is 0 Å². The van der Waals surface area contributed by atoms with E-state index >= 15 is 0 Å². The molecule has 0 saturated carbocycles. The van der Waals surface area contributed by atoms with Crippen LogP contribution in [0.4, 0.5) is 0 Å². The zero-order valence-electron chi connectivity index (χ0n) is 15.3. The van der Waals surface area contributed by atoms with Crippen LogP contribution >= 0.6 is 11.3 Å². The Morgan fingerprint density at radius 1 is 1.48 bits per heavy atom. The summed E-state index contributed by atoms with van der Waals surface area (Å²) >= 11 is 1.49. The Labute approximate surface area is 152 Å². The number of amides is 1. The molecule has 1 aliphatic heterocycles. The lowest BCUT2D eigenvalue weighted by molar-refractivity contribution is 0.0841. The number of thiazole rings is 1. The monoisotopic (exact) mass is 362 g/mol. The Morgan fingerprint density at radius 3 is 2.96 bits per heavy atom. The summed E-state index contributed by atoms with van der Waals surface area (Å²) in [6, 6.07) is 0. The second kappa shape index (κ2) is 7.66. The Morgan fingerprint density at radius 2 is 2.28 bits per heavy atom. The Balaban J connectivity index is 1.64. The van der Waals surface area contributed by atoms with Crippen LogP contribution in [0.25, 0.3) is 0 Å². The molecule has 3 heterocycles. The van der Waals surface area contributed by atoms with Gasteiger partial charge in [0.15, 0.2) is 0 Å². The Bertz CT molecular complexity index is 752. The number of carbonyl (C=O) groups excluding carboxylic acids is 1. The van der Waals surface area contributed by atoms with Crippen molar-refractivity contribution in [3.63, 3.8) is 0 Å². The van der Waals surface area contributed by atoms with E-state index < -0.39 is 0 Å². The molecule has 2 aromatic rings. The van der Waals surface area contributed by atoms with Crippen LogP contribution in [0.15, 0.2) is 6.20 Å². The van der Waals surface area contributed by atoms with Crippen LogP contribution in [-0.4, -0.2) is 33.8 Å². The highest BCUT2D eigenvalue weighted by Crippen LogP contribution is 2.37. The van der Waals surface area contributed by atoms with Crippen LogP contribution in [0.1, 0.15) is 57.5 Å². The van der Waals surface area contributed by atoms with E-state index in [-0.39, 0.29) is 17.9 Å². The minimum absolute atomic E-state index is 0.00566. The van der Waals surface area contributed by atoms with Crippen molar-refractivity contribution in [3.05, 3.63) is 33.0 Å². The zero-order chi connectivity index (χ0) is 18.0. The maximum Gasteiger partial charge on any atom is 0.263 e. The molecule has 1 N–H and O–H groups in total. The maximum absolute atomic E-state index is 12.4. The minimum atomic E-state index is -0.0369. The van der Waals surface area contributed by atoms with Gasteiger partial charge < -0.3 is 10.1 Å². The molecule has 0 aliphatic carbocycles. The number of aromatic nitrogens is 3. The number of hydrogen-bond acceptors (Lipinski definition) is 5. The fourth-order valence-electron chi connectivity index (χ4n) is 3.42. The zero-order valence-corrected chi connectivity index (χ0v) is 16.2. The van der Waals surface area contributed by atoms with Crippen molar-refractivity contribution in [1.82, 2.24) is 20.1 Å². The average Bonchev–Trinajstić information content (AvgIpc) is 3.27. The third-order valence-corrected chi connectivity index (χ3v) is 5.89. The number of rotatable bonds is 6. The van der Waals surface area contributed by atoms with Crippen LogP contribution in [0.2, 0.25) is 0 Å². The van der Waals surface area contributed by atoms with E-state index in [0.29, 0.717) is 11.4 Å².